The van der Waals surface area contributed by atoms with Gasteiger partial charge in [-0.05, 0) is 30.7 Å². The van der Waals surface area contributed by atoms with E-state index in [0.717, 1.165) is 5.56 Å². The van der Waals surface area contributed by atoms with Gasteiger partial charge in [0.15, 0.2) is 0 Å². The number of urea groups is 1. The molecule has 8 heteroatoms. The van der Waals surface area contributed by atoms with Crippen molar-refractivity contribution in [1.82, 2.24) is 10.2 Å². The Hall–Kier alpha value is -2.25. The highest BCUT2D eigenvalue weighted by molar-refractivity contribution is 5.75. The monoisotopic (exact) mass is 372 g/mol. The lowest BCUT2D eigenvalue weighted by atomic mass is 10.0. The molecule has 5 nitrogen and oxygen atoms in total. The Bertz CT molecular complexity index is 607. The molecule has 1 aromatic rings. The molecule has 1 aliphatic heterocycles. The molecular weight excluding hydrogens is 349 g/mol. The Morgan fingerprint density at radius 2 is 1.96 bits per heavy atom. The predicted molar refractivity (Wildman–Crippen MR) is 89.7 cm³/mol. The topological polar surface area (TPSA) is 69.6 Å². The van der Waals surface area contributed by atoms with Crippen molar-refractivity contribution in [3.63, 3.8) is 0 Å². The Balaban J connectivity index is 1.92. The van der Waals surface area contributed by atoms with E-state index in [1.54, 1.807) is 0 Å². The molecule has 0 bridgehead atoms. The first-order valence-corrected chi connectivity index (χ1v) is 8.61. The molecule has 2 N–H and O–H groups in total. The fourth-order valence-electron chi connectivity index (χ4n) is 3.20. The first-order chi connectivity index (χ1) is 12.2. The highest BCUT2D eigenvalue weighted by atomic mass is 19.4. The van der Waals surface area contributed by atoms with Crippen LogP contribution < -0.4 is 5.32 Å². The lowest BCUT2D eigenvalue weighted by Crippen LogP contribution is -2.45. The molecule has 1 saturated heterocycles. The highest BCUT2D eigenvalue weighted by Crippen LogP contribution is 2.30. The summed E-state index contributed by atoms with van der Waals surface area (Å²) in [5.41, 5.74) is 0.958. The third-order valence-corrected chi connectivity index (χ3v) is 4.45. The number of nitrogens with zero attached hydrogens (tertiary/aromatic N) is 1. The van der Waals surface area contributed by atoms with E-state index in [0.29, 0.717) is 12.8 Å². The zero-order valence-corrected chi connectivity index (χ0v) is 14.3. The second kappa shape index (κ2) is 8.91. The lowest BCUT2D eigenvalue weighted by Gasteiger charge is -2.23. The molecule has 0 saturated carbocycles. The van der Waals surface area contributed by atoms with E-state index in [4.69, 9.17) is 5.11 Å². The number of benzene rings is 1. The van der Waals surface area contributed by atoms with E-state index >= 15 is 0 Å². The van der Waals surface area contributed by atoms with Crippen LogP contribution in [0, 0.1) is 5.92 Å². The van der Waals surface area contributed by atoms with Crippen LogP contribution in [0.5, 0.6) is 0 Å². The molecule has 0 radical (unpaired) electrons. The van der Waals surface area contributed by atoms with Crippen LogP contribution in [0.1, 0.15) is 31.2 Å². The minimum atomic E-state index is -4.23. The zero-order chi connectivity index (χ0) is 19.2. The van der Waals surface area contributed by atoms with E-state index in [2.05, 4.69) is 5.32 Å². The van der Waals surface area contributed by atoms with E-state index in [1.807, 2.05) is 30.3 Å². The maximum absolute atomic E-state index is 12.5. The highest BCUT2D eigenvalue weighted by Gasteiger charge is 2.36. The Kier molecular flexibility index (Phi) is 6.88. The number of halogens is 3. The second-order valence-corrected chi connectivity index (χ2v) is 6.69. The number of carbonyl (C=O) groups is 2. The van der Waals surface area contributed by atoms with Gasteiger partial charge in [0.05, 0.1) is 0 Å². The minimum Gasteiger partial charge on any atom is -0.481 e. The molecule has 1 heterocycles. The number of likely N-dealkylation sites (tertiary alicyclic amines) is 1. The van der Waals surface area contributed by atoms with Gasteiger partial charge in [-0.2, -0.15) is 13.2 Å². The van der Waals surface area contributed by atoms with Gasteiger partial charge in [0.2, 0.25) is 0 Å². The van der Waals surface area contributed by atoms with Gasteiger partial charge in [-0.1, -0.05) is 30.3 Å². The van der Waals surface area contributed by atoms with Crippen LogP contribution in [0.3, 0.4) is 0 Å². The van der Waals surface area contributed by atoms with Crippen molar-refractivity contribution >= 4 is 12.0 Å². The van der Waals surface area contributed by atoms with Gasteiger partial charge < -0.3 is 15.3 Å². The molecule has 2 amide bonds. The van der Waals surface area contributed by atoms with Gasteiger partial charge in [0.25, 0.3) is 0 Å². The van der Waals surface area contributed by atoms with E-state index < -0.39 is 30.5 Å². The maximum atomic E-state index is 12.5. The smallest absolute Gasteiger partial charge is 0.389 e. The van der Waals surface area contributed by atoms with Crippen LogP contribution in [0.15, 0.2) is 30.3 Å². The molecular formula is C18H23F3N2O3. The summed E-state index contributed by atoms with van der Waals surface area (Å²) in [5.74, 6) is -1.53. The average molecular weight is 372 g/mol. The van der Waals surface area contributed by atoms with Gasteiger partial charge in [0.1, 0.15) is 0 Å². The summed E-state index contributed by atoms with van der Waals surface area (Å²) in [6, 6.07) is 8.52. The molecule has 144 valence electrons. The van der Waals surface area contributed by atoms with E-state index in [-0.39, 0.29) is 32.0 Å². The van der Waals surface area contributed by atoms with Gasteiger partial charge in [0, 0.05) is 32.0 Å². The van der Waals surface area contributed by atoms with E-state index in [9.17, 15) is 22.8 Å². The van der Waals surface area contributed by atoms with Crippen molar-refractivity contribution in [1.29, 1.82) is 0 Å². The molecule has 2 atom stereocenters. The Labute approximate surface area is 150 Å². The van der Waals surface area contributed by atoms with Crippen molar-refractivity contribution in [3.05, 3.63) is 35.9 Å². The molecule has 1 aromatic carbocycles. The zero-order valence-electron chi connectivity index (χ0n) is 14.3. The molecule has 0 aromatic heterocycles. The normalized spacial score (nSPS) is 18.6. The number of carboxylic acids is 1. The van der Waals surface area contributed by atoms with Crippen molar-refractivity contribution in [2.24, 2.45) is 5.92 Å². The summed E-state index contributed by atoms with van der Waals surface area (Å²) in [5, 5.41) is 11.7. The quantitative estimate of drug-likeness (QED) is 0.770. The summed E-state index contributed by atoms with van der Waals surface area (Å²) < 4.78 is 37.5. The van der Waals surface area contributed by atoms with Gasteiger partial charge >= 0.3 is 18.2 Å². The first-order valence-electron chi connectivity index (χ1n) is 8.61. The number of carbonyl (C=O) groups excluding carboxylic acids is 1. The summed E-state index contributed by atoms with van der Waals surface area (Å²) in [7, 11) is 0. The van der Waals surface area contributed by atoms with Crippen molar-refractivity contribution in [2.45, 2.75) is 44.3 Å². The van der Waals surface area contributed by atoms with Crippen LogP contribution in [0.4, 0.5) is 18.0 Å². The van der Waals surface area contributed by atoms with Crippen molar-refractivity contribution in [2.75, 3.05) is 13.1 Å². The van der Waals surface area contributed by atoms with Crippen molar-refractivity contribution < 1.29 is 27.9 Å². The number of rotatable bonds is 7. The molecule has 2 rings (SSSR count). The van der Waals surface area contributed by atoms with Crippen LogP contribution >= 0.6 is 0 Å². The average Bonchev–Trinajstić information content (AvgIpc) is 3.00. The second-order valence-electron chi connectivity index (χ2n) is 6.69. The number of aliphatic carboxylic acids is 1. The third kappa shape index (κ3) is 6.93. The summed E-state index contributed by atoms with van der Waals surface area (Å²) in [4.78, 5) is 24.6. The maximum Gasteiger partial charge on any atom is 0.389 e. The molecule has 26 heavy (non-hydrogen) atoms. The van der Waals surface area contributed by atoms with E-state index in [1.165, 1.54) is 4.90 Å². The molecule has 1 fully saturated rings. The number of nitrogens with one attached hydrogen (secondary N) is 1. The SMILES string of the molecule is O=C(O)CCC(Cc1ccccc1)NC(=O)N1CCC(CC(F)(F)F)C1. The summed E-state index contributed by atoms with van der Waals surface area (Å²) in [6.07, 6.45) is -4.15. The lowest BCUT2D eigenvalue weighted by molar-refractivity contribution is -0.143. The number of hydrogen-bond acceptors (Lipinski definition) is 2. The Morgan fingerprint density at radius 3 is 2.58 bits per heavy atom. The number of carboxylic acid groups (broad SMARTS) is 1. The molecule has 2 unspecified atom stereocenters. The van der Waals surface area contributed by atoms with Gasteiger partial charge in [-0.25, -0.2) is 4.79 Å². The summed E-state index contributed by atoms with van der Waals surface area (Å²) >= 11 is 0. The van der Waals surface area contributed by atoms with Crippen LogP contribution in [-0.4, -0.2) is 47.3 Å². The number of amides is 2. The fraction of sp³-hybridized carbons (Fsp3) is 0.556. The predicted octanol–water partition coefficient (Wildman–Crippen LogP) is 3.45. The number of hydrogen-bond donors (Lipinski definition) is 2. The van der Waals surface area contributed by atoms with Crippen molar-refractivity contribution in [3.8, 4) is 0 Å². The standard InChI is InChI=1S/C18H23F3N2O3/c19-18(20,21)11-14-8-9-23(12-14)17(26)22-15(6-7-16(24)25)10-13-4-2-1-3-5-13/h1-5,14-15H,6-12H2,(H,22,26)(H,24,25). The van der Waals surface area contributed by atoms with Crippen LogP contribution in [0.2, 0.25) is 0 Å². The van der Waals surface area contributed by atoms with Gasteiger partial charge in [-0.15, -0.1) is 0 Å². The largest absolute Gasteiger partial charge is 0.481 e. The molecule has 0 aliphatic carbocycles. The first kappa shape index (κ1) is 20.1. The molecule has 1 aliphatic rings. The summed E-state index contributed by atoms with van der Waals surface area (Å²) in [6.45, 7) is 0.353. The third-order valence-electron chi connectivity index (χ3n) is 4.45. The minimum absolute atomic E-state index is 0.0718. The molecule has 0 spiro atoms. The fourth-order valence-corrected chi connectivity index (χ4v) is 3.20. The Morgan fingerprint density at radius 1 is 1.27 bits per heavy atom. The van der Waals surface area contributed by atoms with Crippen LogP contribution in [0.25, 0.3) is 0 Å². The number of alkyl halides is 3. The van der Waals surface area contributed by atoms with Crippen LogP contribution in [-0.2, 0) is 11.2 Å². The van der Waals surface area contributed by atoms with Gasteiger partial charge in [-0.3, -0.25) is 4.79 Å².